The molecule has 1 fully saturated rings. The van der Waals surface area contributed by atoms with Crippen LogP contribution in [0.3, 0.4) is 0 Å². The lowest BCUT2D eigenvalue weighted by atomic mass is 9.96. The predicted molar refractivity (Wildman–Crippen MR) is 204 cm³/mol. The Bertz CT molecular complexity index is 766. The van der Waals surface area contributed by atoms with Crippen molar-refractivity contribution in [2.24, 2.45) is 11.8 Å². The largest absolute Gasteiger partial charge is 0.457 e. The molecule has 4 N–H and O–H groups in total. The van der Waals surface area contributed by atoms with Crippen molar-refractivity contribution in [3.05, 3.63) is 0 Å². The van der Waals surface area contributed by atoms with E-state index in [4.69, 9.17) is 14.2 Å². The van der Waals surface area contributed by atoms with Gasteiger partial charge in [0.15, 0.2) is 6.10 Å². The van der Waals surface area contributed by atoms with E-state index < -0.39 is 42.6 Å². The molecule has 0 amide bonds. The molecule has 0 bridgehead atoms. The maximum absolute atomic E-state index is 12.5. The Hall–Kier alpha value is -0.770. The van der Waals surface area contributed by atoms with E-state index in [1.807, 2.05) is 0 Å². The molecular formula is C42H82O8. The van der Waals surface area contributed by atoms with Crippen LogP contribution in [-0.4, -0.2) is 82.8 Å². The maximum Gasteiger partial charge on any atom is 0.306 e. The Morgan fingerprint density at radius 2 is 0.960 bits per heavy atom. The third-order valence-electron chi connectivity index (χ3n) is 10.7. The van der Waals surface area contributed by atoms with E-state index in [9.17, 15) is 25.2 Å². The molecule has 1 rings (SSSR count). The zero-order valence-corrected chi connectivity index (χ0v) is 33.0. The third-order valence-corrected chi connectivity index (χ3v) is 10.7. The fourth-order valence-corrected chi connectivity index (χ4v) is 7.19. The van der Waals surface area contributed by atoms with Gasteiger partial charge in [0.05, 0.1) is 13.2 Å². The lowest BCUT2D eigenvalue weighted by Gasteiger charge is -2.24. The Morgan fingerprint density at radius 3 is 1.46 bits per heavy atom. The smallest absolute Gasteiger partial charge is 0.306 e. The second-order valence-electron chi connectivity index (χ2n) is 15.8. The SMILES string of the molecule is CCCCCC[C@@H](C)CCCCCCCCC(=O)O[C@H]1[C@H](O)[C@@H](O)[C@H](O)[C@H]1OC[C@@H](O)COCCCCCCCCC[C@@H](C)CCCCCC. The van der Waals surface area contributed by atoms with Crippen LogP contribution in [0.15, 0.2) is 0 Å². The number of unbranched alkanes of at least 4 members (excludes halogenated alkanes) is 17. The summed E-state index contributed by atoms with van der Waals surface area (Å²) in [5, 5.41) is 41.4. The van der Waals surface area contributed by atoms with Crippen molar-refractivity contribution in [1.82, 2.24) is 0 Å². The molecule has 0 radical (unpaired) electrons. The molecule has 0 aromatic heterocycles. The summed E-state index contributed by atoms with van der Waals surface area (Å²) < 4.78 is 16.8. The highest BCUT2D eigenvalue weighted by Crippen LogP contribution is 2.28. The van der Waals surface area contributed by atoms with E-state index in [0.29, 0.717) is 13.0 Å². The van der Waals surface area contributed by atoms with Crippen molar-refractivity contribution >= 4 is 5.97 Å². The molecule has 0 aromatic rings. The van der Waals surface area contributed by atoms with E-state index in [2.05, 4.69) is 27.7 Å². The lowest BCUT2D eigenvalue weighted by Crippen LogP contribution is -2.41. The van der Waals surface area contributed by atoms with Gasteiger partial charge < -0.3 is 34.6 Å². The van der Waals surface area contributed by atoms with Crippen LogP contribution in [0.1, 0.15) is 195 Å². The third kappa shape index (κ3) is 23.7. The van der Waals surface area contributed by atoms with E-state index >= 15 is 0 Å². The van der Waals surface area contributed by atoms with E-state index in [1.165, 1.54) is 122 Å². The Labute approximate surface area is 307 Å². The van der Waals surface area contributed by atoms with Crippen LogP contribution in [0.25, 0.3) is 0 Å². The van der Waals surface area contributed by atoms with E-state index in [-0.39, 0.29) is 19.6 Å². The number of ether oxygens (including phenoxy) is 3. The number of rotatable bonds is 35. The monoisotopic (exact) mass is 715 g/mol. The first-order valence-electron chi connectivity index (χ1n) is 21.3. The van der Waals surface area contributed by atoms with Gasteiger partial charge >= 0.3 is 5.97 Å². The topological polar surface area (TPSA) is 126 Å². The highest BCUT2D eigenvalue weighted by molar-refractivity contribution is 5.69. The molecule has 298 valence electrons. The van der Waals surface area contributed by atoms with Crippen molar-refractivity contribution in [2.45, 2.75) is 231 Å². The van der Waals surface area contributed by atoms with Crippen LogP contribution in [0, 0.1) is 11.8 Å². The molecule has 0 saturated heterocycles. The summed E-state index contributed by atoms with van der Waals surface area (Å²) >= 11 is 0. The molecule has 8 nitrogen and oxygen atoms in total. The number of aliphatic hydroxyl groups excluding tert-OH is 4. The maximum atomic E-state index is 12.5. The summed E-state index contributed by atoms with van der Waals surface area (Å²) in [5.41, 5.74) is 0. The summed E-state index contributed by atoms with van der Waals surface area (Å²) in [6.07, 6.45) is 23.6. The fourth-order valence-electron chi connectivity index (χ4n) is 7.19. The minimum atomic E-state index is -1.49. The van der Waals surface area contributed by atoms with Crippen LogP contribution in [0.5, 0.6) is 0 Å². The van der Waals surface area contributed by atoms with Gasteiger partial charge in [-0.05, 0) is 24.7 Å². The van der Waals surface area contributed by atoms with Gasteiger partial charge in [0.25, 0.3) is 0 Å². The fraction of sp³-hybridized carbons (Fsp3) is 0.976. The Balaban J connectivity index is 2.11. The van der Waals surface area contributed by atoms with Crippen LogP contribution >= 0.6 is 0 Å². The first-order chi connectivity index (χ1) is 24.2. The summed E-state index contributed by atoms with van der Waals surface area (Å²) in [6.45, 7) is 9.78. The number of carbonyl (C=O) groups is 1. The van der Waals surface area contributed by atoms with Gasteiger partial charge in [-0.2, -0.15) is 0 Å². The van der Waals surface area contributed by atoms with Crippen molar-refractivity contribution in [3.8, 4) is 0 Å². The molecule has 8 atom stereocenters. The standard InChI is InChI=1S/C42H82O8/c1-5-7-9-20-26-34(3)28-22-16-12-11-15-19-25-31-48-32-36(43)33-49-41-39(46)38(45)40(47)42(41)50-37(44)30-24-18-14-13-17-23-29-35(4)27-21-10-8-6-2/h34-36,38-43,45-47H,5-33H2,1-4H3/t34-,35+,36-,38-,39-,40+,41+,42-/m0/s1. The molecule has 50 heavy (non-hydrogen) atoms. The Morgan fingerprint density at radius 1 is 0.540 bits per heavy atom. The quantitative estimate of drug-likeness (QED) is 0.0378. The molecule has 0 spiro atoms. The number of hydrogen-bond donors (Lipinski definition) is 4. The second-order valence-corrected chi connectivity index (χ2v) is 15.8. The van der Waals surface area contributed by atoms with Crippen LogP contribution < -0.4 is 0 Å². The van der Waals surface area contributed by atoms with Gasteiger partial charge in [0.1, 0.15) is 30.5 Å². The molecule has 0 aliphatic heterocycles. The average Bonchev–Trinajstić information content (AvgIpc) is 3.29. The first kappa shape index (κ1) is 47.3. The molecule has 0 unspecified atom stereocenters. The lowest BCUT2D eigenvalue weighted by molar-refractivity contribution is -0.168. The molecule has 1 aliphatic carbocycles. The minimum absolute atomic E-state index is 0.0904. The van der Waals surface area contributed by atoms with Gasteiger partial charge in [-0.1, -0.05) is 175 Å². The zero-order valence-electron chi connectivity index (χ0n) is 33.0. The summed E-state index contributed by atoms with van der Waals surface area (Å²) in [5.74, 6) is 1.19. The van der Waals surface area contributed by atoms with Crippen molar-refractivity contribution in [1.29, 1.82) is 0 Å². The highest BCUT2D eigenvalue weighted by Gasteiger charge is 2.52. The van der Waals surface area contributed by atoms with Gasteiger partial charge in [0, 0.05) is 13.0 Å². The van der Waals surface area contributed by atoms with E-state index in [1.54, 1.807) is 0 Å². The highest BCUT2D eigenvalue weighted by atomic mass is 16.6. The molecule has 0 aromatic carbocycles. The number of esters is 1. The van der Waals surface area contributed by atoms with Crippen molar-refractivity contribution < 1.29 is 39.4 Å². The first-order valence-corrected chi connectivity index (χ1v) is 21.3. The van der Waals surface area contributed by atoms with Crippen LogP contribution in [-0.2, 0) is 19.0 Å². The molecule has 8 heteroatoms. The Kier molecular flexibility index (Phi) is 30.0. The minimum Gasteiger partial charge on any atom is -0.457 e. The zero-order chi connectivity index (χ0) is 36.8. The van der Waals surface area contributed by atoms with E-state index in [0.717, 1.165) is 43.9 Å². The van der Waals surface area contributed by atoms with Crippen LogP contribution in [0.4, 0.5) is 0 Å². The van der Waals surface area contributed by atoms with Gasteiger partial charge in [0.2, 0.25) is 0 Å². The second kappa shape index (κ2) is 31.7. The summed E-state index contributed by atoms with van der Waals surface area (Å²) in [4.78, 5) is 12.5. The van der Waals surface area contributed by atoms with Gasteiger partial charge in [-0.15, -0.1) is 0 Å². The van der Waals surface area contributed by atoms with Crippen molar-refractivity contribution in [2.75, 3.05) is 19.8 Å². The summed E-state index contributed by atoms with van der Waals surface area (Å²) in [7, 11) is 0. The normalized spacial score (nSPS) is 22.5. The van der Waals surface area contributed by atoms with Gasteiger partial charge in [-0.3, -0.25) is 4.79 Å². The van der Waals surface area contributed by atoms with Crippen molar-refractivity contribution in [3.63, 3.8) is 0 Å². The number of hydrogen-bond acceptors (Lipinski definition) is 8. The van der Waals surface area contributed by atoms with Crippen LogP contribution in [0.2, 0.25) is 0 Å². The van der Waals surface area contributed by atoms with Gasteiger partial charge in [-0.25, -0.2) is 0 Å². The number of carbonyl (C=O) groups excluding carboxylic acids is 1. The average molecular weight is 715 g/mol. The predicted octanol–water partition coefficient (Wildman–Crippen LogP) is 9.21. The molecule has 1 saturated carbocycles. The summed E-state index contributed by atoms with van der Waals surface area (Å²) in [6, 6.07) is 0. The molecule has 1 aliphatic rings. The number of aliphatic hydroxyl groups is 4. The molecular weight excluding hydrogens is 632 g/mol. The molecule has 0 heterocycles.